The number of rotatable bonds is 0. The van der Waals surface area contributed by atoms with Crippen LogP contribution in [0.1, 0.15) is 32.1 Å². The van der Waals surface area contributed by atoms with E-state index < -0.39 is 5.54 Å². The van der Waals surface area contributed by atoms with Gasteiger partial charge >= 0.3 is 0 Å². The Kier molecular flexibility index (Phi) is 1.57. The predicted octanol–water partition coefficient (Wildman–Crippen LogP) is 0.959. The van der Waals surface area contributed by atoms with Gasteiger partial charge in [0.15, 0.2) is 0 Å². The van der Waals surface area contributed by atoms with Crippen LogP contribution in [-0.4, -0.2) is 11.4 Å². The van der Waals surface area contributed by atoms with Gasteiger partial charge in [-0.1, -0.05) is 12.8 Å². The Hall–Kier alpha value is -1.04. The van der Waals surface area contributed by atoms with E-state index in [1.807, 2.05) is 0 Å². The smallest absolute Gasteiger partial charge is 0.221 e. The van der Waals surface area contributed by atoms with Crippen molar-refractivity contribution in [3.63, 3.8) is 0 Å². The zero-order valence-corrected chi connectivity index (χ0v) is 6.97. The minimum absolute atomic E-state index is 0.0588. The van der Waals surface area contributed by atoms with E-state index in [2.05, 4.69) is 11.4 Å². The number of carbonyl (C=O) groups is 1. The standard InChI is InChI=1S/C9H12N2O/c10-6-9-4-2-1-3-7(9)5-8(12)11-9/h7H,1-5H2,(H,11,12)/t7-,9+/m1/s1. The van der Waals surface area contributed by atoms with Crippen LogP contribution < -0.4 is 5.32 Å². The van der Waals surface area contributed by atoms with Crippen LogP contribution >= 0.6 is 0 Å². The molecule has 1 heterocycles. The largest absolute Gasteiger partial charge is 0.338 e. The van der Waals surface area contributed by atoms with Crippen molar-refractivity contribution in [2.24, 2.45) is 5.92 Å². The SMILES string of the molecule is N#C[C@@]12CCCC[C@@H]1CC(=O)N2. The molecule has 0 aromatic rings. The summed E-state index contributed by atoms with van der Waals surface area (Å²) in [7, 11) is 0. The number of amides is 1. The molecular weight excluding hydrogens is 152 g/mol. The third-order valence-corrected chi connectivity index (χ3v) is 3.06. The van der Waals surface area contributed by atoms with Crippen LogP contribution in [-0.2, 0) is 4.79 Å². The van der Waals surface area contributed by atoms with E-state index in [4.69, 9.17) is 5.26 Å². The molecule has 1 aliphatic heterocycles. The number of carbonyl (C=O) groups excluding carboxylic acids is 1. The van der Waals surface area contributed by atoms with Gasteiger partial charge in [-0.25, -0.2) is 0 Å². The van der Waals surface area contributed by atoms with Crippen LogP contribution in [0.25, 0.3) is 0 Å². The summed E-state index contributed by atoms with van der Waals surface area (Å²) in [6, 6.07) is 2.28. The van der Waals surface area contributed by atoms with Gasteiger partial charge in [0.05, 0.1) is 6.07 Å². The highest BCUT2D eigenvalue weighted by Crippen LogP contribution is 2.39. The second-order valence-corrected chi connectivity index (χ2v) is 3.78. The van der Waals surface area contributed by atoms with Crippen molar-refractivity contribution in [2.75, 3.05) is 0 Å². The fraction of sp³-hybridized carbons (Fsp3) is 0.778. The number of nitriles is 1. The van der Waals surface area contributed by atoms with Crippen molar-refractivity contribution in [2.45, 2.75) is 37.6 Å². The molecule has 2 rings (SSSR count). The van der Waals surface area contributed by atoms with Gasteiger partial charge in [-0.3, -0.25) is 4.79 Å². The lowest BCUT2D eigenvalue weighted by molar-refractivity contribution is -0.119. The van der Waals surface area contributed by atoms with Gasteiger partial charge in [-0.05, 0) is 12.8 Å². The molecule has 1 saturated heterocycles. The summed E-state index contributed by atoms with van der Waals surface area (Å²) >= 11 is 0. The lowest BCUT2D eigenvalue weighted by atomic mass is 9.75. The van der Waals surface area contributed by atoms with Crippen molar-refractivity contribution in [1.82, 2.24) is 5.32 Å². The van der Waals surface area contributed by atoms with Gasteiger partial charge in [0, 0.05) is 12.3 Å². The van der Waals surface area contributed by atoms with E-state index in [0.717, 1.165) is 19.3 Å². The molecule has 0 radical (unpaired) electrons. The quantitative estimate of drug-likeness (QED) is 0.579. The van der Waals surface area contributed by atoms with E-state index >= 15 is 0 Å². The second kappa shape index (κ2) is 2.48. The van der Waals surface area contributed by atoms with Crippen LogP contribution in [0.15, 0.2) is 0 Å². The zero-order chi connectivity index (χ0) is 8.60. The van der Waals surface area contributed by atoms with Crippen LogP contribution in [0, 0.1) is 17.2 Å². The van der Waals surface area contributed by atoms with Gasteiger partial charge in [0.2, 0.25) is 5.91 Å². The molecule has 64 valence electrons. The normalized spacial score (nSPS) is 39.9. The van der Waals surface area contributed by atoms with E-state index in [0.29, 0.717) is 6.42 Å². The average molecular weight is 164 g/mol. The molecule has 1 aliphatic carbocycles. The molecule has 2 atom stereocenters. The van der Waals surface area contributed by atoms with Crippen LogP contribution in [0.4, 0.5) is 0 Å². The molecule has 0 aromatic heterocycles. The van der Waals surface area contributed by atoms with Crippen LogP contribution in [0.3, 0.4) is 0 Å². The first-order chi connectivity index (χ1) is 5.77. The average Bonchev–Trinajstić information content (AvgIpc) is 2.41. The van der Waals surface area contributed by atoms with Crippen LogP contribution in [0.2, 0.25) is 0 Å². The Balaban J connectivity index is 2.26. The summed E-state index contributed by atoms with van der Waals surface area (Å²) in [6.45, 7) is 0. The maximum atomic E-state index is 11.1. The second-order valence-electron chi connectivity index (χ2n) is 3.78. The van der Waals surface area contributed by atoms with E-state index in [-0.39, 0.29) is 11.8 Å². The minimum atomic E-state index is -0.491. The Bertz CT molecular complexity index is 256. The molecule has 0 bridgehead atoms. The highest BCUT2D eigenvalue weighted by molar-refractivity contribution is 5.81. The molecule has 0 unspecified atom stereocenters. The Morgan fingerprint density at radius 1 is 1.58 bits per heavy atom. The monoisotopic (exact) mass is 164 g/mol. The van der Waals surface area contributed by atoms with Gasteiger partial charge in [0.1, 0.15) is 5.54 Å². The fourth-order valence-corrected chi connectivity index (χ4v) is 2.38. The molecule has 3 heteroatoms. The first-order valence-electron chi connectivity index (χ1n) is 4.49. The Labute approximate surface area is 71.8 Å². The van der Waals surface area contributed by atoms with Gasteiger partial charge < -0.3 is 5.32 Å². The van der Waals surface area contributed by atoms with E-state index in [9.17, 15) is 4.79 Å². The van der Waals surface area contributed by atoms with Crippen molar-refractivity contribution in [3.05, 3.63) is 0 Å². The first kappa shape index (κ1) is 7.60. The molecule has 0 aromatic carbocycles. The highest BCUT2D eigenvalue weighted by Gasteiger charge is 2.47. The topological polar surface area (TPSA) is 52.9 Å². The van der Waals surface area contributed by atoms with Crippen LogP contribution in [0.5, 0.6) is 0 Å². The van der Waals surface area contributed by atoms with Gasteiger partial charge in [0.25, 0.3) is 0 Å². The predicted molar refractivity (Wildman–Crippen MR) is 43.1 cm³/mol. The molecule has 2 fully saturated rings. The Morgan fingerprint density at radius 3 is 3.08 bits per heavy atom. The third kappa shape index (κ3) is 0.911. The third-order valence-electron chi connectivity index (χ3n) is 3.06. The lowest BCUT2D eigenvalue weighted by Gasteiger charge is -2.32. The van der Waals surface area contributed by atoms with Crippen molar-refractivity contribution < 1.29 is 4.79 Å². The number of nitrogens with one attached hydrogen (secondary N) is 1. The molecule has 12 heavy (non-hydrogen) atoms. The summed E-state index contributed by atoms with van der Waals surface area (Å²) in [5, 5.41) is 11.8. The summed E-state index contributed by atoms with van der Waals surface area (Å²) < 4.78 is 0. The zero-order valence-electron chi connectivity index (χ0n) is 6.97. The first-order valence-corrected chi connectivity index (χ1v) is 4.49. The van der Waals surface area contributed by atoms with Crippen molar-refractivity contribution >= 4 is 5.91 Å². The van der Waals surface area contributed by atoms with E-state index in [1.165, 1.54) is 6.42 Å². The van der Waals surface area contributed by atoms with Gasteiger partial charge in [-0.2, -0.15) is 5.26 Å². The molecule has 1 amide bonds. The summed E-state index contributed by atoms with van der Waals surface area (Å²) in [5.74, 6) is 0.340. The molecule has 3 nitrogen and oxygen atoms in total. The molecule has 1 N–H and O–H groups in total. The number of nitrogens with zero attached hydrogens (tertiary/aromatic N) is 1. The number of fused-ring (bicyclic) bond motifs is 1. The van der Waals surface area contributed by atoms with Crippen molar-refractivity contribution in [3.8, 4) is 6.07 Å². The van der Waals surface area contributed by atoms with Gasteiger partial charge in [-0.15, -0.1) is 0 Å². The fourth-order valence-electron chi connectivity index (χ4n) is 2.38. The maximum Gasteiger partial charge on any atom is 0.221 e. The van der Waals surface area contributed by atoms with E-state index in [1.54, 1.807) is 0 Å². The molecular formula is C9H12N2O. The Morgan fingerprint density at radius 2 is 2.42 bits per heavy atom. The molecule has 2 aliphatic rings. The van der Waals surface area contributed by atoms with Crippen molar-refractivity contribution in [1.29, 1.82) is 5.26 Å². The molecule has 1 saturated carbocycles. The number of hydrogen-bond acceptors (Lipinski definition) is 2. The summed E-state index contributed by atoms with van der Waals surface area (Å²) in [4.78, 5) is 11.1. The highest BCUT2D eigenvalue weighted by atomic mass is 16.2. The maximum absolute atomic E-state index is 11.1. The minimum Gasteiger partial charge on any atom is -0.338 e. The summed E-state index contributed by atoms with van der Waals surface area (Å²) in [6.07, 6.45) is 4.69. The number of hydrogen-bond donors (Lipinski definition) is 1. The molecule has 0 spiro atoms. The lowest BCUT2D eigenvalue weighted by Crippen LogP contribution is -2.46. The summed E-state index contributed by atoms with van der Waals surface area (Å²) in [5.41, 5.74) is -0.491.